The summed E-state index contributed by atoms with van der Waals surface area (Å²) in [5.41, 5.74) is 0. The fraction of sp³-hybridized carbons (Fsp3) is 0.571. The fourth-order valence-corrected chi connectivity index (χ4v) is 1.93. The summed E-state index contributed by atoms with van der Waals surface area (Å²) in [5, 5.41) is 0. The van der Waals surface area contributed by atoms with Gasteiger partial charge in [0.05, 0.1) is 0 Å². The highest BCUT2D eigenvalue weighted by atomic mass is 80.0. The van der Waals surface area contributed by atoms with Gasteiger partial charge in [0, 0.05) is 0 Å². The van der Waals surface area contributed by atoms with Gasteiger partial charge in [-0.3, -0.25) is 0 Å². The van der Waals surface area contributed by atoms with Crippen molar-refractivity contribution in [2.45, 2.75) is 4.29 Å². The van der Waals surface area contributed by atoms with Crippen molar-refractivity contribution in [1.82, 2.24) is 0 Å². The van der Waals surface area contributed by atoms with E-state index in [1.54, 1.807) is 0 Å². The van der Waals surface area contributed by atoms with Gasteiger partial charge in [-0.25, -0.2) is 9.59 Å². The van der Waals surface area contributed by atoms with Crippen LogP contribution in [-0.2, 0) is 40.2 Å². The largest absolute Gasteiger partial charge is 0.458 e. The Balaban J connectivity index is 4.55. The summed E-state index contributed by atoms with van der Waals surface area (Å²) < 4.78 is 8.25. The zero-order valence-electron chi connectivity index (χ0n) is 8.63. The average molecular weight is 696 g/mol. The smallest absolute Gasteiger partial charge is 0.356 e. The van der Waals surface area contributed by atoms with Crippen LogP contribution in [0.1, 0.15) is 0 Å². The molecule has 4 nitrogen and oxygen atoms in total. The molecule has 0 aliphatic heterocycles. The van der Waals surface area contributed by atoms with Gasteiger partial charge in [0.25, 0.3) is 0 Å². The zero-order valence-corrected chi connectivity index (χ0v) is 19.8. The molecule has 0 aromatic carbocycles. The maximum atomic E-state index is 11.6. The fourth-order valence-electron chi connectivity index (χ4n) is 0.577. The molecule has 0 radical (unpaired) electrons. The van der Waals surface area contributed by atoms with Crippen molar-refractivity contribution in [3.63, 3.8) is 0 Å². The summed E-state index contributed by atoms with van der Waals surface area (Å²) in [4.78, 5) is 23.0. The summed E-state index contributed by atoms with van der Waals surface area (Å²) in [7, 11) is 0.546. The first kappa shape index (κ1) is 21.1. The van der Waals surface area contributed by atoms with Crippen LogP contribution in [0.4, 0.5) is 0 Å². The molecular formula is C7H4Br6O4S2. The number of alkyl halides is 6. The minimum Gasteiger partial charge on any atom is -0.458 e. The molecule has 0 unspecified atom stereocenters. The number of carbonyl (C=O) groups is 2. The Bertz CT molecular complexity index is 377. The van der Waals surface area contributed by atoms with E-state index in [9.17, 15) is 9.59 Å². The van der Waals surface area contributed by atoms with Crippen LogP contribution in [0.2, 0.25) is 0 Å². The third-order valence-corrected chi connectivity index (χ3v) is 3.56. The Kier molecular flexibility index (Phi) is 10.4. The minimum atomic E-state index is -0.850. The molecule has 19 heavy (non-hydrogen) atoms. The molecule has 0 N–H and O–H groups in total. The predicted octanol–water partition coefficient (Wildman–Crippen LogP) is 3.47. The molecule has 0 fully saturated rings. The number of halogens is 6. The molecule has 0 saturated heterocycles. The Labute approximate surface area is 168 Å². The second-order valence-corrected chi connectivity index (χ2v) is 18.4. The highest BCUT2D eigenvalue weighted by molar-refractivity contribution is 9.39. The van der Waals surface area contributed by atoms with Crippen LogP contribution in [0.15, 0.2) is 0 Å². The maximum Gasteiger partial charge on any atom is 0.356 e. The van der Waals surface area contributed by atoms with E-state index in [1.807, 2.05) is 0 Å². The molecule has 0 bridgehead atoms. The summed E-state index contributed by atoms with van der Waals surface area (Å²) in [6, 6.07) is 0. The lowest BCUT2D eigenvalue weighted by molar-refractivity contribution is -0.140. The quantitative estimate of drug-likeness (QED) is 0.195. The van der Waals surface area contributed by atoms with Crippen molar-refractivity contribution < 1.29 is 19.1 Å². The predicted molar refractivity (Wildman–Crippen MR) is 101 cm³/mol. The van der Waals surface area contributed by atoms with Gasteiger partial charge >= 0.3 is 11.9 Å². The molecule has 0 rings (SSSR count). The van der Waals surface area contributed by atoms with E-state index in [2.05, 4.69) is 107 Å². The average Bonchev–Trinajstić information content (AvgIpc) is 2.22. The first-order valence-electron chi connectivity index (χ1n) is 4.11. The number of hydrogen-bond donors (Lipinski definition) is 0. The standard InChI is InChI=1S/C7H4Br6O4S2/c8-6(9,10)1-16-4(14)3(19-18)5(15)17-2-7(11,12)13/h1-2H2. The van der Waals surface area contributed by atoms with Gasteiger partial charge in [-0.1, -0.05) is 105 Å². The highest BCUT2D eigenvalue weighted by Crippen LogP contribution is 2.34. The van der Waals surface area contributed by atoms with Crippen LogP contribution in [0, 0.1) is 0 Å². The molecule has 12 heteroatoms. The molecule has 0 saturated carbocycles. The lowest BCUT2D eigenvalue weighted by Gasteiger charge is -2.14. The summed E-state index contributed by atoms with van der Waals surface area (Å²) in [6.45, 7) is -0.116. The van der Waals surface area contributed by atoms with Gasteiger partial charge in [0.15, 0.2) is 4.29 Å². The lowest BCUT2D eigenvalue weighted by Crippen LogP contribution is -2.31. The minimum absolute atomic E-state index is 0.0578. The first-order valence-corrected chi connectivity index (χ1v) is 10.6. The SMILES string of the molecule is O=C(OCC(Br)(Br)Br)C(=S=S)C(=O)OCC(Br)(Br)Br. The monoisotopic (exact) mass is 689 g/mol. The Morgan fingerprint density at radius 1 is 0.895 bits per heavy atom. The maximum absolute atomic E-state index is 11.6. The molecule has 0 aliphatic carbocycles. The highest BCUT2D eigenvalue weighted by Gasteiger charge is 2.28. The third kappa shape index (κ3) is 11.4. The van der Waals surface area contributed by atoms with Gasteiger partial charge in [0.2, 0.25) is 4.86 Å². The Morgan fingerprint density at radius 2 is 1.21 bits per heavy atom. The number of rotatable bonds is 4. The number of ether oxygens (including phenoxy) is 2. The summed E-state index contributed by atoms with van der Waals surface area (Å²) in [6.07, 6.45) is 0. The van der Waals surface area contributed by atoms with Gasteiger partial charge in [-0.05, 0) is 11.2 Å². The molecule has 0 aromatic heterocycles. The molecule has 0 heterocycles. The third-order valence-electron chi connectivity index (χ3n) is 1.19. The molecular weight excluding hydrogens is 692 g/mol. The van der Waals surface area contributed by atoms with Crippen molar-refractivity contribution in [2.75, 3.05) is 13.2 Å². The van der Waals surface area contributed by atoms with Crippen LogP contribution < -0.4 is 0 Å². The van der Waals surface area contributed by atoms with Crippen molar-refractivity contribution in [2.24, 2.45) is 0 Å². The van der Waals surface area contributed by atoms with E-state index in [0.717, 1.165) is 0 Å². The second kappa shape index (κ2) is 9.31. The Morgan fingerprint density at radius 3 is 1.42 bits per heavy atom. The summed E-state index contributed by atoms with van der Waals surface area (Å²) in [5.74, 6) is -1.70. The molecule has 0 spiro atoms. The first-order chi connectivity index (χ1) is 8.46. The molecule has 110 valence electrons. The van der Waals surface area contributed by atoms with Crippen LogP contribution in [0.5, 0.6) is 0 Å². The van der Waals surface area contributed by atoms with Crippen molar-refractivity contribution in [1.29, 1.82) is 0 Å². The number of hydrogen-bond acceptors (Lipinski definition) is 5. The van der Waals surface area contributed by atoms with E-state index in [0.29, 0.717) is 9.91 Å². The van der Waals surface area contributed by atoms with E-state index < -0.39 is 16.2 Å². The second-order valence-electron chi connectivity index (χ2n) is 2.80. The van der Waals surface area contributed by atoms with Gasteiger partial charge in [-0.2, -0.15) is 0 Å². The molecule has 0 amide bonds. The molecule has 0 atom stereocenters. The number of esters is 2. The van der Waals surface area contributed by atoms with Crippen LogP contribution in [-0.4, -0.2) is 34.3 Å². The van der Waals surface area contributed by atoms with E-state index in [1.165, 1.54) is 0 Å². The molecule has 0 aliphatic rings. The van der Waals surface area contributed by atoms with E-state index in [4.69, 9.17) is 9.47 Å². The van der Waals surface area contributed by atoms with Crippen molar-refractivity contribution in [3.05, 3.63) is 0 Å². The normalized spacial score (nSPS) is 11.7. The lowest BCUT2D eigenvalue weighted by atomic mass is 10.4. The van der Waals surface area contributed by atoms with Gasteiger partial charge in [0.1, 0.15) is 13.2 Å². The topological polar surface area (TPSA) is 52.6 Å². The van der Waals surface area contributed by atoms with Gasteiger partial charge < -0.3 is 9.47 Å². The van der Waals surface area contributed by atoms with Crippen LogP contribution in [0.25, 0.3) is 0 Å². The van der Waals surface area contributed by atoms with E-state index in [-0.39, 0.29) is 18.1 Å². The summed E-state index contributed by atoms with van der Waals surface area (Å²) >= 11 is 23.6. The van der Waals surface area contributed by atoms with Crippen LogP contribution in [0.3, 0.4) is 0 Å². The number of carbonyl (C=O) groups excluding carboxylic acids is 2. The van der Waals surface area contributed by atoms with Crippen LogP contribution >= 0.6 is 95.6 Å². The zero-order chi connectivity index (χ0) is 15.3. The van der Waals surface area contributed by atoms with E-state index >= 15 is 0 Å². The molecule has 0 aromatic rings. The van der Waals surface area contributed by atoms with Crippen molar-refractivity contribution in [3.8, 4) is 0 Å². The Hall–Kier alpha value is 2.13. The van der Waals surface area contributed by atoms with Gasteiger partial charge in [-0.15, -0.1) is 0 Å². The van der Waals surface area contributed by atoms with Crippen molar-refractivity contribution >= 4 is 133 Å².